The minimum Gasteiger partial charge on any atom is -0.486 e. The van der Waals surface area contributed by atoms with Gasteiger partial charge in [-0.25, -0.2) is 0 Å². The Morgan fingerprint density at radius 2 is 2.21 bits per heavy atom. The van der Waals surface area contributed by atoms with Crippen molar-refractivity contribution in [3.05, 3.63) is 22.7 Å². The normalized spacial score (nSPS) is 14.9. The van der Waals surface area contributed by atoms with Crippen LogP contribution in [-0.2, 0) is 11.3 Å². The first-order valence-corrected chi connectivity index (χ1v) is 6.55. The Kier molecular flexibility index (Phi) is 4.50. The van der Waals surface area contributed by atoms with E-state index in [4.69, 9.17) is 26.8 Å². The fraction of sp³-hybridized carbons (Fsp3) is 0.462. The Balaban J connectivity index is 2.05. The predicted molar refractivity (Wildman–Crippen MR) is 72.5 cm³/mol. The van der Waals surface area contributed by atoms with Crippen LogP contribution in [0.4, 0.5) is 0 Å². The van der Waals surface area contributed by atoms with Gasteiger partial charge in [-0.05, 0) is 17.7 Å². The summed E-state index contributed by atoms with van der Waals surface area (Å²) < 4.78 is 10.9. The summed E-state index contributed by atoms with van der Waals surface area (Å²) in [7, 11) is 0. The van der Waals surface area contributed by atoms with Gasteiger partial charge in [0.1, 0.15) is 13.2 Å². The zero-order chi connectivity index (χ0) is 13.8. The predicted octanol–water partition coefficient (Wildman–Crippen LogP) is 1.32. The number of ether oxygens (including phenoxy) is 2. The van der Waals surface area contributed by atoms with E-state index in [0.29, 0.717) is 42.8 Å². The van der Waals surface area contributed by atoms with Crippen LogP contribution in [0.15, 0.2) is 12.1 Å². The molecule has 1 aliphatic heterocycles. The molecule has 0 radical (unpaired) electrons. The van der Waals surface area contributed by atoms with Crippen molar-refractivity contribution in [2.24, 2.45) is 11.7 Å². The maximum absolute atomic E-state index is 11.6. The molecule has 1 aromatic rings. The third-order valence-corrected chi connectivity index (χ3v) is 3.21. The lowest BCUT2D eigenvalue weighted by Crippen LogP contribution is -2.32. The van der Waals surface area contributed by atoms with E-state index >= 15 is 0 Å². The van der Waals surface area contributed by atoms with Crippen LogP contribution >= 0.6 is 11.6 Å². The highest BCUT2D eigenvalue weighted by atomic mass is 35.5. The van der Waals surface area contributed by atoms with Crippen LogP contribution in [0.3, 0.4) is 0 Å². The molecule has 1 amide bonds. The number of rotatable bonds is 4. The maximum atomic E-state index is 11.6. The number of halogens is 1. The highest BCUT2D eigenvalue weighted by Crippen LogP contribution is 2.38. The molecule has 2 rings (SSSR count). The van der Waals surface area contributed by atoms with Crippen molar-refractivity contribution < 1.29 is 14.3 Å². The lowest BCUT2D eigenvalue weighted by molar-refractivity contribution is -0.124. The summed E-state index contributed by atoms with van der Waals surface area (Å²) in [6.45, 7) is 3.50. The van der Waals surface area contributed by atoms with Gasteiger partial charge in [0.05, 0.1) is 5.02 Å². The molecule has 6 heteroatoms. The molecule has 1 unspecified atom stereocenters. The summed E-state index contributed by atoms with van der Waals surface area (Å²) in [6, 6.07) is 3.59. The molecule has 0 saturated heterocycles. The molecule has 5 nitrogen and oxygen atoms in total. The molecule has 3 N–H and O–H groups in total. The topological polar surface area (TPSA) is 73.6 Å². The van der Waals surface area contributed by atoms with Crippen molar-refractivity contribution in [2.75, 3.05) is 19.8 Å². The third kappa shape index (κ3) is 3.30. The van der Waals surface area contributed by atoms with Crippen LogP contribution in [0.2, 0.25) is 5.02 Å². The van der Waals surface area contributed by atoms with E-state index in [2.05, 4.69) is 5.32 Å². The Hall–Kier alpha value is -1.46. The SMILES string of the molecule is CC(CN)C(=O)NCc1cc(Cl)c2c(c1)OCCO2. The van der Waals surface area contributed by atoms with E-state index in [1.54, 1.807) is 13.0 Å². The first-order valence-electron chi connectivity index (χ1n) is 6.17. The second kappa shape index (κ2) is 6.12. The second-order valence-electron chi connectivity index (χ2n) is 4.46. The molecule has 104 valence electrons. The van der Waals surface area contributed by atoms with Gasteiger partial charge in [-0.3, -0.25) is 4.79 Å². The minimum absolute atomic E-state index is 0.0755. The smallest absolute Gasteiger partial charge is 0.224 e. The number of fused-ring (bicyclic) bond motifs is 1. The Bertz CT molecular complexity index is 479. The molecule has 0 aromatic heterocycles. The first-order chi connectivity index (χ1) is 9.11. The van der Waals surface area contributed by atoms with Crippen molar-refractivity contribution >= 4 is 17.5 Å². The van der Waals surface area contributed by atoms with Gasteiger partial charge in [0.25, 0.3) is 0 Å². The lowest BCUT2D eigenvalue weighted by atomic mass is 10.1. The molecule has 0 fully saturated rings. The van der Waals surface area contributed by atoms with Crippen LogP contribution in [0.1, 0.15) is 12.5 Å². The second-order valence-corrected chi connectivity index (χ2v) is 4.86. The molecular weight excluding hydrogens is 268 g/mol. The highest BCUT2D eigenvalue weighted by molar-refractivity contribution is 6.32. The summed E-state index contributed by atoms with van der Waals surface area (Å²) in [4.78, 5) is 11.6. The summed E-state index contributed by atoms with van der Waals surface area (Å²) in [5, 5.41) is 3.30. The van der Waals surface area contributed by atoms with Gasteiger partial charge >= 0.3 is 0 Å². The average Bonchev–Trinajstić information content (AvgIpc) is 2.44. The van der Waals surface area contributed by atoms with Crippen molar-refractivity contribution in [2.45, 2.75) is 13.5 Å². The number of hydrogen-bond donors (Lipinski definition) is 2. The monoisotopic (exact) mass is 284 g/mol. The number of benzene rings is 1. The summed E-state index contributed by atoms with van der Waals surface area (Å²) >= 11 is 6.11. The van der Waals surface area contributed by atoms with E-state index in [0.717, 1.165) is 5.56 Å². The van der Waals surface area contributed by atoms with E-state index in [-0.39, 0.29) is 11.8 Å². The number of nitrogens with two attached hydrogens (primary N) is 1. The van der Waals surface area contributed by atoms with Gasteiger partial charge in [-0.2, -0.15) is 0 Å². The fourth-order valence-electron chi connectivity index (χ4n) is 1.74. The molecule has 0 aliphatic carbocycles. The van der Waals surface area contributed by atoms with Crippen molar-refractivity contribution in [3.63, 3.8) is 0 Å². The van der Waals surface area contributed by atoms with Gasteiger partial charge < -0.3 is 20.5 Å². The molecule has 0 bridgehead atoms. The van der Waals surface area contributed by atoms with Crippen LogP contribution in [0, 0.1) is 5.92 Å². The number of carbonyl (C=O) groups excluding carboxylic acids is 1. The van der Waals surface area contributed by atoms with Crippen LogP contribution in [0.5, 0.6) is 11.5 Å². The molecule has 19 heavy (non-hydrogen) atoms. The largest absolute Gasteiger partial charge is 0.486 e. The number of hydrogen-bond acceptors (Lipinski definition) is 4. The molecule has 0 saturated carbocycles. The zero-order valence-corrected chi connectivity index (χ0v) is 11.5. The average molecular weight is 285 g/mol. The Labute approximate surface area is 117 Å². The van der Waals surface area contributed by atoms with Crippen LogP contribution < -0.4 is 20.5 Å². The molecule has 0 spiro atoms. The van der Waals surface area contributed by atoms with E-state index in [9.17, 15) is 4.79 Å². The van der Waals surface area contributed by atoms with E-state index < -0.39 is 0 Å². The fourth-order valence-corrected chi connectivity index (χ4v) is 2.02. The molecule has 1 aromatic carbocycles. The quantitative estimate of drug-likeness (QED) is 0.875. The highest BCUT2D eigenvalue weighted by Gasteiger charge is 2.17. The summed E-state index contributed by atoms with van der Waals surface area (Å²) in [5.41, 5.74) is 6.31. The van der Waals surface area contributed by atoms with Crippen molar-refractivity contribution in [1.29, 1.82) is 0 Å². The van der Waals surface area contributed by atoms with E-state index in [1.165, 1.54) is 0 Å². The van der Waals surface area contributed by atoms with Gasteiger partial charge in [0.2, 0.25) is 5.91 Å². The lowest BCUT2D eigenvalue weighted by Gasteiger charge is -2.20. The standard InChI is InChI=1S/C13H17ClN2O3/c1-8(6-15)13(17)16-7-9-4-10(14)12-11(5-9)18-2-3-19-12/h4-5,8H,2-3,6-7,15H2,1H3,(H,16,17). The molecule has 1 atom stereocenters. The van der Waals surface area contributed by atoms with Crippen molar-refractivity contribution in [3.8, 4) is 11.5 Å². The van der Waals surface area contributed by atoms with E-state index in [1.807, 2.05) is 6.07 Å². The van der Waals surface area contributed by atoms with Crippen molar-refractivity contribution in [1.82, 2.24) is 5.32 Å². The zero-order valence-electron chi connectivity index (χ0n) is 10.7. The van der Waals surface area contributed by atoms with Gasteiger partial charge in [-0.15, -0.1) is 0 Å². The molecule has 1 aliphatic rings. The van der Waals surface area contributed by atoms with Gasteiger partial charge in [0.15, 0.2) is 11.5 Å². The molecular formula is C13H17ClN2O3. The first kappa shape index (κ1) is 14.0. The summed E-state index contributed by atoms with van der Waals surface area (Å²) in [5.74, 6) is 0.911. The molecule has 1 heterocycles. The van der Waals surface area contributed by atoms with Crippen LogP contribution in [0.25, 0.3) is 0 Å². The number of nitrogens with one attached hydrogen (secondary N) is 1. The number of amides is 1. The maximum Gasteiger partial charge on any atom is 0.224 e. The third-order valence-electron chi connectivity index (χ3n) is 2.92. The van der Waals surface area contributed by atoms with Gasteiger partial charge in [0, 0.05) is 19.0 Å². The number of carbonyl (C=O) groups is 1. The van der Waals surface area contributed by atoms with Crippen LogP contribution in [-0.4, -0.2) is 25.7 Å². The minimum atomic E-state index is -0.201. The summed E-state index contributed by atoms with van der Waals surface area (Å²) in [6.07, 6.45) is 0. The Morgan fingerprint density at radius 3 is 2.95 bits per heavy atom. The van der Waals surface area contributed by atoms with Gasteiger partial charge in [-0.1, -0.05) is 18.5 Å². The Morgan fingerprint density at radius 1 is 1.47 bits per heavy atom.